The lowest BCUT2D eigenvalue weighted by Crippen LogP contribution is -2.37. The van der Waals surface area contributed by atoms with Crippen molar-refractivity contribution >= 4 is 22.7 Å². The second-order valence-electron chi connectivity index (χ2n) is 10.6. The number of anilines is 2. The van der Waals surface area contributed by atoms with E-state index in [4.69, 9.17) is 10.7 Å². The number of nitrogens with two attached hydrogens (primary N) is 1. The van der Waals surface area contributed by atoms with Crippen molar-refractivity contribution in [2.75, 3.05) is 36.8 Å². The first-order valence-electron chi connectivity index (χ1n) is 12.1. The molecule has 33 heavy (non-hydrogen) atoms. The number of nitrogens with one attached hydrogen (secondary N) is 1. The largest absolute Gasteiger partial charge is 0.382 e. The molecule has 0 radical (unpaired) electrons. The normalized spacial score (nSPS) is 15.8. The van der Waals surface area contributed by atoms with Crippen LogP contribution >= 0.6 is 0 Å². The van der Waals surface area contributed by atoms with Crippen molar-refractivity contribution in [2.45, 2.75) is 59.4 Å². The number of imidazole rings is 1. The van der Waals surface area contributed by atoms with Gasteiger partial charge in [-0.3, -0.25) is 0 Å². The summed E-state index contributed by atoms with van der Waals surface area (Å²) in [6.07, 6.45) is 4.62. The van der Waals surface area contributed by atoms with Gasteiger partial charge in [0, 0.05) is 44.8 Å². The van der Waals surface area contributed by atoms with E-state index in [1.807, 2.05) is 4.57 Å². The average Bonchev–Trinajstić information content (AvgIpc) is 3.28. The van der Waals surface area contributed by atoms with Gasteiger partial charge in [0.1, 0.15) is 5.82 Å². The number of hydrogen-bond donors (Lipinski definition) is 2. The molecule has 1 fully saturated rings. The molecule has 0 unspecified atom stereocenters. The SMILES string of the molecule is CC(C)(C)CNCCn1c(Cc2cc3c(cc2N2CCC2)CCC3)nc2c(N)nc(F)nc21. The smallest absolute Gasteiger partial charge is 0.312 e. The third-order valence-corrected chi connectivity index (χ3v) is 6.68. The Morgan fingerprint density at radius 2 is 1.82 bits per heavy atom. The van der Waals surface area contributed by atoms with Gasteiger partial charge >= 0.3 is 6.08 Å². The van der Waals surface area contributed by atoms with E-state index in [0.717, 1.165) is 38.4 Å². The molecular formula is C25H34FN7. The summed E-state index contributed by atoms with van der Waals surface area (Å²) in [5, 5.41) is 3.51. The molecule has 2 aromatic heterocycles. The first kappa shape index (κ1) is 22.1. The summed E-state index contributed by atoms with van der Waals surface area (Å²) in [6.45, 7) is 11.1. The first-order chi connectivity index (χ1) is 15.8. The van der Waals surface area contributed by atoms with Gasteiger partial charge in [-0.25, -0.2) is 4.98 Å². The number of halogens is 1. The van der Waals surface area contributed by atoms with Crippen molar-refractivity contribution in [3.8, 4) is 0 Å². The van der Waals surface area contributed by atoms with Gasteiger partial charge in [0.05, 0.1) is 0 Å². The molecule has 0 saturated carbocycles. The minimum absolute atomic E-state index is 0.0945. The third kappa shape index (κ3) is 4.53. The van der Waals surface area contributed by atoms with Crippen molar-refractivity contribution in [3.63, 3.8) is 0 Å². The van der Waals surface area contributed by atoms with Gasteiger partial charge in [0.2, 0.25) is 0 Å². The zero-order valence-corrected chi connectivity index (χ0v) is 19.9. The molecule has 5 rings (SSSR count). The molecule has 8 heteroatoms. The highest BCUT2D eigenvalue weighted by Crippen LogP contribution is 2.34. The fourth-order valence-corrected chi connectivity index (χ4v) is 4.89. The Labute approximate surface area is 194 Å². The topological polar surface area (TPSA) is 84.9 Å². The van der Waals surface area contributed by atoms with Crippen LogP contribution in [0.5, 0.6) is 0 Å². The number of nitrogens with zero attached hydrogens (tertiary/aromatic N) is 5. The lowest BCUT2D eigenvalue weighted by atomic mass is 9.97. The minimum Gasteiger partial charge on any atom is -0.382 e. The van der Waals surface area contributed by atoms with Gasteiger partial charge in [-0.1, -0.05) is 26.8 Å². The zero-order chi connectivity index (χ0) is 23.2. The summed E-state index contributed by atoms with van der Waals surface area (Å²) in [6, 6.07) is 4.76. The Balaban J connectivity index is 1.51. The van der Waals surface area contributed by atoms with E-state index >= 15 is 0 Å². The molecule has 1 aliphatic heterocycles. The number of aromatic nitrogens is 4. The Kier molecular flexibility index (Phi) is 5.72. The molecule has 0 bridgehead atoms. The fourth-order valence-electron chi connectivity index (χ4n) is 4.89. The van der Waals surface area contributed by atoms with E-state index in [1.165, 1.54) is 41.6 Å². The van der Waals surface area contributed by atoms with Gasteiger partial charge in [0.15, 0.2) is 17.0 Å². The van der Waals surface area contributed by atoms with Gasteiger partial charge in [0.25, 0.3) is 0 Å². The first-order valence-corrected chi connectivity index (χ1v) is 12.1. The maximum Gasteiger partial charge on any atom is 0.312 e. The van der Waals surface area contributed by atoms with E-state index in [2.05, 4.69) is 53.1 Å². The number of fused-ring (bicyclic) bond motifs is 2. The highest BCUT2D eigenvalue weighted by atomic mass is 19.1. The fraction of sp³-hybridized carbons (Fsp3) is 0.560. The average molecular weight is 452 g/mol. The van der Waals surface area contributed by atoms with E-state index in [-0.39, 0.29) is 11.2 Å². The zero-order valence-electron chi connectivity index (χ0n) is 19.9. The molecule has 3 aromatic rings. The predicted molar refractivity (Wildman–Crippen MR) is 130 cm³/mol. The van der Waals surface area contributed by atoms with Crippen LogP contribution in [0.1, 0.15) is 56.1 Å². The van der Waals surface area contributed by atoms with Crippen molar-refractivity contribution in [2.24, 2.45) is 5.41 Å². The summed E-state index contributed by atoms with van der Waals surface area (Å²) in [4.78, 5) is 15.1. The van der Waals surface area contributed by atoms with Crippen LogP contribution in [0.3, 0.4) is 0 Å². The molecule has 7 nitrogen and oxygen atoms in total. The van der Waals surface area contributed by atoms with Crippen LogP contribution < -0.4 is 16.0 Å². The number of benzene rings is 1. The lowest BCUT2D eigenvalue weighted by molar-refractivity contribution is 0.375. The summed E-state index contributed by atoms with van der Waals surface area (Å²) in [5.74, 6) is 0.950. The highest BCUT2D eigenvalue weighted by molar-refractivity contribution is 5.82. The standard InChI is InChI=1S/C25H34FN7/c1-25(2,3)15-28-8-11-33-20(29-21-22(27)30-24(26)31-23(21)33)14-18-12-16-6-4-7-17(16)13-19(18)32-9-5-10-32/h12-13,28H,4-11,14-15H2,1-3H3,(H2,27,30,31). The molecular weight excluding hydrogens is 417 g/mol. The van der Waals surface area contributed by atoms with Crippen LogP contribution in [0.4, 0.5) is 15.9 Å². The molecule has 0 amide bonds. The van der Waals surface area contributed by atoms with Crippen LogP contribution in [0, 0.1) is 11.5 Å². The summed E-state index contributed by atoms with van der Waals surface area (Å²) in [5.41, 5.74) is 12.7. The Morgan fingerprint density at radius 3 is 2.52 bits per heavy atom. The molecule has 0 atom stereocenters. The number of nitrogen functional groups attached to an aromatic ring is 1. The third-order valence-electron chi connectivity index (χ3n) is 6.68. The van der Waals surface area contributed by atoms with E-state index in [0.29, 0.717) is 24.1 Å². The monoisotopic (exact) mass is 451 g/mol. The molecule has 1 saturated heterocycles. The quantitative estimate of drug-likeness (QED) is 0.423. The van der Waals surface area contributed by atoms with E-state index in [9.17, 15) is 4.39 Å². The molecule has 3 N–H and O–H groups in total. The molecule has 2 aliphatic rings. The second kappa shape index (κ2) is 8.56. The predicted octanol–water partition coefficient (Wildman–Crippen LogP) is 3.47. The Hall–Kier alpha value is -2.74. The Morgan fingerprint density at radius 1 is 1.06 bits per heavy atom. The number of hydrogen-bond acceptors (Lipinski definition) is 6. The number of rotatable bonds is 7. The molecule has 176 valence electrons. The van der Waals surface area contributed by atoms with Gasteiger partial charge in [-0.05, 0) is 53.9 Å². The van der Waals surface area contributed by atoms with Crippen LogP contribution in [0.15, 0.2) is 12.1 Å². The van der Waals surface area contributed by atoms with Crippen LogP contribution in [-0.4, -0.2) is 45.7 Å². The molecule has 3 heterocycles. The van der Waals surface area contributed by atoms with E-state index < -0.39 is 6.08 Å². The maximum absolute atomic E-state index is 14.1. The summed E-state index contributed by atoms with van der Waals surface area (Å²) >= 11 is 0. The molecule has 1 aromatic carbocycles. The van der Waals surface area contributed by atoms with Crippen molar-refractivity contribution in [1.29, 1.82) is 0 Å². The van der Waals surface area contributed by atoms with E-state index in [1.54, 1.807) is 0 Å². The molecule has 0 spiro atoms. The van der Waals surface area contributed by atoms with Crippen LogP contribution in [0.25, 0.3) is 11.2 Å². The summed E-state index contributed by atoms with van der Waals surface area (Å²) < 4.78 is 16.1. The molecule has 1 aliphatic carbocycles. The van der Waals surface area contributed by atoms with Crippen molar-refractivity contribution in [1.82, 2.24) is 24.8 Å². The van der Waals surface area contributed by atoms with Crippen molar-refractivity contribution in [3.05, 3.63) is 40.7 Å². The van der Waals surface area contributed by atoms with Gasteiger partial charge < -0.3 is 20.5 Å². The highest BCUT2D eigenvalue weighted by Gasteiger charge is 2.24. The van der Waals surface area contributed by atoms with Crippen LogP contribution in [0.2, 0.25) is 0 Å². The number of aryl methyl sites for hydroxylation is 2. The van der Waals surface area contributed by atoms with Crippen molar-refractivity contribution < 1.29 is 4.39 Å². The lowest BCUT2D eigenvalue weighted by Gasteiger charge is -2.35. The maximum atomic E-state index is 14.1. The second-order valence-corrected chi connectivity index (χ2v) is 10.6. The van der Waals surface area contributed by atoms with Gasteiger partial charge in [-0.15, -0.1) is 0 Å². The van der Waals surface area contributed by atoms with Crippen LogP contribution in [-0.2, 0) is 25.8 Å². The minimum atomic E-state index is -0.811. The Bertz CT molecular complexity index is 1170. The van der Waals surface area contributed by atoms with Gasteiger partial charge in [-0.2, -0.15) is 14.4 Å². The summed E-state index contributed by atoms with van der Waals surface area (Å²) in [7, 11) is 0.